The predicted octanol–water partition coefficient (Wildman–Crippen LogP) is 1.48. The first-order valence-corrected chi connectivity index (χ1v) is 8.35. The van der Waals surface area contributed by atoms with Gasteiger partial charge in [0.05, 0.1) is 5.75 Å². The lowest BCUT2D eigenvalue weighted by molar-refractivity contribution is 0.538. The Balaban J connectivity index is 1.99. The summed E-state index contributed by atoms with van der Waals surface area (Å²) >= 11 is 0. The minimum atomic E-state index is -3.05. The van der Waals surface area contributed by atoms with Crippen molar-refractivity contribution < 1.29 is 8.42 Å². The highest BCUT2D eigenvalue weighted by Gasteiger charge is 2.20. The Morgan fingerprint density at radius 1 is 1.18 bits per heavy atom. The molecule has 0 aromatic carbocycles. The topological polar surface area (TPSA) is 58.2 Å². The minimum Gasteiger partial charge on any atom is -0.314 e. The van der Waals surface area contributed by atoms with Crippen molar-refractivity contribution in [3.05, 3.63) is 0 Å². The van der Waals surface area contributed by atoms with E-state index in [0.717, 1.165) is 19.4 Å². The van der Waals surface area contributed by atoms with Crippen LogP contribution in [0.15, 0.2) is 0 Å². The summed E-state index contributed by atoms with van der Waals surface area (Å²) in [5, 5.41) is 3.32. The van der Waals surface area contributed by atoms with Crippen molar-refractivity contribution in [1.29, 1.82) is 0 Å². The molecule has 1 saturated carbocycles. The monoisotopic (exact) mass is 262 g/mol. The lowest BCUT2D eigenvalue weighted by Gasteiger charge is -2.08. The minimum absolute atomic E-state index is 0.244. The Labute approximate surface area is 106 Å². The fourth-order valence-electron chi connectivity index (χ4n) is 1.67. The molecule has 0 radical (unpaired) electrons. The number of rotatable bonds is 10. The highest BCUT2D eigenvalue weighted by molar-refractivity contribution is 7.89. The first-order chi connectivity index (χ1) is 7.99. The van der Waals surface area contributed by atoms with Crippen LogP contribution in [0.3, 0.4) is 0 Å². The number of nitrogens with one attached hydrogen (secondary N) is 2. The molecule has 102 valence electrons. The van der Waals surface area contributed by atoms with E-state index in [1.165, 1.54) is 12.8 Å². The third-order valence-electron chi connectivity index (χ3n) is 2.88. The van der Waals surface area contributed by atoms with E-state index in [0.29, 0.717) is 24.9 Å². The molecule has 0 saturated heterocycles. The molecular formula is C12H26N2O2S. The van der Waals surface area contributed by atoms with Gasteiger partial charge in [-0.2, -0.15) is 0 Å². The zero-order valence-electron chi connectivity index (χ0n) is 11.0. The van der Waals surface area contributed by atoms with Crippen LogP contribution in [-0.2, 0) is 10.0 Å². The van der Waals surface area contributed by atoms with E-state index < -0.39 is 10.0 Å². The van der Waals surface area contributed by atoms with E-state index >= 15 is 0 Å². The lowest BCUT2D eigenvalue weighted by Crippen LogP contribution is -2.29. The maximum absolute atomic E-state index is 11.6. The number of sulfonamides is 1. The predicted molar refractivity (Wildman–Crippen MR) is 71.5 cm³/mol. The summed E-state index contributed by atoms with van der Waals surface area (Å²) in [5.41, 5.74) is 0. The Kier molecular flexibility index (Phi) is 6.44. The average Bonchev–Trinajstić information content (AvgIpc) is 3.03. The van der Waals surface area contributed by atoms with Gasteiger partial charge in [-0.25, -0.2) is 13.1 Å². The summed E-state index contributed by atoms with van der Waals surface area (Å²) in [5.74, 6) is 0.885. The van der Waals surface area contributed by atoms with Crippen LogP contribution < -0.4 is 10.0 Å². The molecule has 1 aliphatic rings. The highest BCUT2D eigenvalue weighted by Crippen LogP contribution is 2.18. The SMILES string of the molecule is CC(C)CCCNS(=O)(=O)CCCNC1CC1. The Morgan fingerprint density at radius 3 is 2.47 bits per heavy atom. The van der Waals surface area contributed by atoms with Crippen LogP contribution in [0.1, 0.15) is 46.0 Å². The molecule has 0 aromatic heterocycles. The number of hydrogen-bond donors (Lipinski definition) is 2. The van der Waals surface area contributed by atoms with E-state index in [1.54, 1.807) is 0 Å². The quantitative estimate of drug-likeness (QED) is 0.586. The molecule has 0 aliphatic heterocycles. The normalized spacial score (nSPS) is 16.6. The zero-order valence-corrected chi connectivity index (χ0v) is 11.9. The van der Waals surface area contributed by atoms with E-state index in [-0.39, 0.29) is 5.75 Å². The first-order valence-electron chi connectivity index (χ1n) is 6.70. The summed E-state index contributed by atoms with van der Waals surface area (Å²) in [6.07, 6.45) is 5.21. The van der Waals surface area contributed by atoms with Gasteiger partial charge in [-0.05, 0) is 44.6 Å². The Hall–Kier alpha value is -0.130. The van der Waals surface area contributed by atoms with Gasteiger partial charge in [0.2, 0.25) is 10.0 Å². The molecule has 1 rings (SSSR count). The van der Waals surface area contributed by atoms with Crippen LogP contribution in [0.5, 0.6) is 0 Å². The summed E-state index contributed by atoms with van der Waals surface area (Å²) in [4.78, 5) is 0. The van der Waals surface area contributed by atoms with Gasteiger partial charge in [-0.15, -0.1) is 0 Å². The molecule has 0 aromatic rings. The zero-order chi connectivity index (χ0) is 12.7. The fourth-order valence-corrected chi connectivity index (χ4v) is 2.79. The van der Waals surface area contributed by atoms with Gasteiger partial charge in [0, 0.05) is 12.6 Å². The summed E-state index contributed by atoms with van der Waals surface area (Å²) < 4.78 is 25.9. The Bertz CT molecular complexity index is 282. The number of hydrogen-bond acceptors (Lipinski definition) is 3. The third-order valence-corrected chi connectivity index (χ3v) is 4.35. The van der Waals surface area contributed by atoms with Crippen molar-refractivity contribution in [2.75, 3.05) is 18.8 Å². The molecule has 2 N–H and O–H groups in total. The molecule has 1 aliphatic carbocycles. The molecule has 5 heteroatoms. The smallest absolute Gasteiger partial charge is 0.211 e. The largest absolute Gasteiger partial charge is 0.314 e. The van der Waals surface area contributed by atoms with Crippen molar-refractivity contribution >= 4 is 10.0 Å². The molecule has 0 amide bonds. The molecule has 0 unspecified atom stereocenters. The van der Waals surface area contributed by atoms with Crippen LogP contribution in [0.25, 0.3) is 0 Å². The van der Waals surface area contributed by atoms with Crippen LogP contribution >= 0.6 is 0 Å². The maximum Gasteiger partial charge on any atom is 0.211 e. The van der Waals surface area contributed by atoms with Gasteiger partial charge in [0.15, 0.2) is 0 Å². The van der Waals surface area contributed by atoms with Crippen molar-refractivity contribution in [3.63, 3.8) is 0 Å². The van der Waals surface area contributed by atoms with Crippen LogP contribution in [0.4, 0.5) is 0 Å². The Morgan fingerprint density at radius 2 is 1.88 bits per heavy atom. The maximum atomic E-state index is 11.6. The fraction of sp³-hybridized carbons (Fsp3) is 1.00. The van der Waals surface area contributed by atoms with Crippen molar-refractivity contribution in [3.8, 4) is 0 Å². The standard InChI is InChI=1S/C12H26N2O2S/c1-11(2)5-3-9-14-17(15,16)10-4-8-13-12-6-7-12/h11-14H,3-10H2,1-2H3. The molecule has 1 fully saturated rings. The van der Waals surface area contributed by atoms with Gasteiger partial charge in [0.25, 0.3) is 0 Å². The highest BCUT2D eigenvalue weighted by atomic mass is 32.2. The average molecular weight is 262 g/mol. The van der Waals surface area contributed by atoms with E-state index in [4.69, 9.17) is 0 Å². The molecular weight excluding hydrogens is 236 g/mol. The van der Waals surface area contributed by atoms with Gasteiger partial charge in [-0.3, -0.25) is 0 Å². The van der Waals surface area contributed by atoms with Crippen LogP contribution in [-0.4, -0.2) is 33.3 Å². The van der Waals surface area contributed by atoms with Crippen LogP contribution in [0.2, 0.25) is 0 Å². The van der Waals surface area contributed by atoms with Gasteiger partial charge < -0.3 is 5.32 Å². The van der Waals surface area contributed by atoms with E-state index in [9.17, 15) is 8.42 Å². The summed E-state index contributed by atoms with van der Waals surface area (Å²) in [7, 11) is -3.05. The van der Waals surface area contributed by atoms with Crippen LogP contribution in [0, 0.1) is 5.92 Å². The first kappa shape index (κ1) is 14.9. The lowest BCUT2D eigenvalue weighted by atomic mass is 10.1. The third kappa shape index (κ3) is 8.57. The second-order valence-electron chi connectivity index (χ2n) is 5.33. The second kappa shape index (κ2) is 7.34. The molecule has 0 bridgehead atoms. The van der Waals surface area contributed by atoms with Gasteiger partial charge in [-0.1, -0.05) is 13.8 Å². The molecule has 0 atom stereocenters. The van der Waals surface area contributed by atoms with E-state index in [1.807, 2.05) is 0 Å². The summed E-state index contributed by atoms with van der Waals surface area (Å²) in [6, 6.07) is 0.664. The van der Waals surface area contributed by atoms with E-state index in [2.05, 4.69) is 23.9 Å². The van der Waals surface area contributed by atoms with Crippen molar-refractivity contribution in [1.82, 2.24) is 10.0 Å². The van der Waals surface area contributed by atoms with Crippen molar-refractivity contribution in [2.24, 2.45) is 5.92 Å². The molecule has 0 spiro atoms. The molecule has 17 heavy (non-hydrogen) atoms. The molecule has 4 nitrogen and oxygen atoms in total. The van der Waals surface area contributed by atoms with Gasteiger partial charge >= 0.3 is 0 Å². The summed E-state index contributed by atoms with van der Waals surface area (Å²) in [6.45, 7) is 5.70. The molecule has 0 heterocycles. The van der Waals surface area contributed by atoms with Gasteiger partial charge in [0.1, 0.15) is 0 Å². The second-order valence-corrected chi connectivity index (χ2v) is 7.26. The van der Waals surface area contributed by atoms with Crippen molar-refractivity contribution in [2.45, 2.75) is 52.0 Å².